The maximum atomic E-state index is 13.3. The maximum Gasteiger partial charge on any atom is 0.136 e. The van der Waals surface area contributed by atoms with Crippen LogP contribution in [0.25, 0.3) is 0 Å². The second-order valence-corrected chi connectivity index (χ2v) is 12.6. The van der Waals surface area contributed by atoms with Crippen LogP contribution in [0.15, 0.2) is 12.2 Å². The van der Waals surface area contributed by atoms with E-state index in [1.807, 2.05) is 0 Å². The summed E-state index contributed by atoms with van der Waals surface area (Å²) in [6.45, 7) is 14.4. The van der Waals surface area contributed by atoms with Crippen molar-refractivity contribution in [3.05, 3.63) is 12.2 Å². The van der Waals surface area contributed by atoms with Crippen LogP contribution in [-0.4, -0.2) is 17.0 Å². The van der Waals surface area contributed by atoms with E-state index in [-0.39, 0.29) is 17.4 Å². The van der Waals surface area contributed by atoms with Gasteiger partial charge >= 0.3 is 0 Å². The van der Waals surface area contributed by atoms with Crippen LogP contribution in [0.5, 0.6) is 0 Å². The predicted molar refractivity (Wildman–Crippen MR) is 124 cm³/mol. The standard InChI is InChI=1S/C28H46O2/c1-17(2)18(3)7-8-19(4)22-9-10-23-21-16-26(30)25-15-20(29)11-13-28(25,6)24(21)12-14-27(22,23)5/h7-8,17-25,29H,9-16H2,1-6H3/b8-7+/t18?,19?,20-,21+,22-,23+,24+,25-,27-,28-/m1/s1. The highest BCUT2D eigenvalue weighted by atomic mass is 16.3. The molecule has 2 heteroatoms. The first kappa shape index (κ1) is 22.6. The Morgan fingerprint density at radius 2 is 1.60 bits per heavy atom. The number of carbonyl (C=O) groups is 1. The minimum Gasteiger partial charge on any atom is -0.393 e. The van der Waals surface area contributed by atoms with Gasteiger partial charge in [0, 0.05) is 12.3 Å². The Hall–Kier alpha value is -0.630. The quantitative estimate of drug-likeness (QED) is 0.522. The Morgan fingerprint density at radius 3 is 2.30 bits per heavy atom. The van der Waals surface area contributed by atoms with Crippen LogP contribution >= 0.6 is 0 Å². The number of ketones is 1. The van der Waals surface area contributed by atoms with Crippen molar-refractivity contribution in [1.29, 1.82) is 0 Å². The number of allylic oxidation sites excluding steroid dienone is 2. The van der Waals surface area contributed by atoms with E-state index >= 15 is 0 Å². The van der Waals surface area contributed by atoms with Crippen molar-refractivity contribution in [3.63, 3.8) is 0 Å². The van der Waals surface area contributed by atoms with E-state index in [1.165, 1.54) is 25.7 Å². The van der Waals surface area contributed by atoms with Crippen LogP contribution in [0.1, 0.15) is 92.9 Å². The topological polar surface area (TPSA) is 37.3 Å². The summed E-state index contributed by atoms with van der Waals surface area (Å²) < 4.78 is 0. The number of rotatable bonds is 4. The molecule has 0 saturated heterocycles. The lowest BCUT2D eigenvalue weighted by molar-refractivity contribution is -0.159. The first-order valence-electron chi connectivity index (χ1n) is 13.0. The van der Waals surface area contributed by atoms with Gasteiger partial charge in [-0.25, -0.2) is 0 Å². The molecule has 4 aliphatic rings. The molecule has 0 amide bonds. The molecule has 30 heavy (non-hydrogen) atoms. The molecule has 4 aliphatic carbocycles. The zero-order valence-electron chi connectivity index (χ0n) is 20.4. The van der Waals surface area contributed by atoms with Crippen LogP contribution in [0.3, 0.4) is 0 Å². The molecule has 0 radical (unpaired) electrons. The van der Waals surface area contributed by atoms with Gasteiger partial charge in [0.15, 0.2) is 0 Å². The number of carbonyl (C=O) groups excluding carboxylic acids is 1. The molecule has 4 fully saturated rings. The zero-order chi connectivity index (χ0) is 21.8. The van der Waals surface area contributed by atoms with Crippen molar-refractivity contribution in [2.24, 2.45) is 58.2 Å². The van der Waals surface area contributed by atoms with Crippen LogP contribution in [0.4, 0.5) is 0 Å². The fourth-order valence-corrected chi connectivity index (χ4v) is 8.63. The number of aliphatic hydroxyl groups is 1. The number of hydrogen-bond donors (Lipinski definition) is 1. The van der Waals surface area contributed by atoms with Crippen LogP contribution in [0, 0.1) is 58.2 Å². The Morgan fingerprint density at radius 1 is 0.933 bits per heavy atom. The maximum absolute atomic E-state index is 13.3. The van der Waals surface area contributed by atoms with Crippen molar-refractivity contribution >= 4 is 5.78 Å². The number of hydrogen-bond acceptors (Lipinski definition) is 2. The average molecular weight is 415 g/mol. The third kappa shape index (κ3) is 3.54. The molecule has 4 saturated carbocycles. The Balaban J connectivity index is 1.54. The third-order valence-corrected chi connectivity index (χ3v) is 10.9. The fourth-order valence-electron chi connectivity index (χ4n) is 8.63. The summed E-state index contributed by atoms with van der Waals surface area (Å²) in [4.78, 5) is 13.3. The summed E-state index contributed by atoms with van der Waals surface area (Å²) in [6, 6.07) is 0. The molecule has 170 valence electrons. The molecule has 0 aliphatic heterocycles. The summed E-state index contributed by atoms with van der Waals surface area (Å²) in [7, 11) is 0. The monoisotopic (exact) mass is 414 g/mol. The molecule has 10 atom stereocenters. The molecular weight excluding hydrogens is 368 g/mol. The molecule has 0 heterocycles. The molecule has 0 aromatic rings. The second kappa shape index (κ2) is 8.05. The first-order valence-corrected chi connectivity index (χ1v) is 13.0. The summed E-state index contributed by atoms with van der Waals surface area (Å²) >= 11 is 0. The third-order valence-electron chi connectivity index (χ3n) is 10.9. The number of fused-ring (bicyclic) bond motifs is 5. The van der Waals surface area contributed by atoms with Gasteiger partial charge in [0.2, 0.25) is 0 Å². The number of Topliss-reactive ketones (excluding diaryl/α,β-unsaturated/α-hetero) is 1. The van der Waals surface area contributed by atoms with Crippen molar-refractivity contribution in [3.8, 4) is 0 Å². The van der Waals surface area contributed by atoms with E-state index in [4.69, 9.17) is 0 Å². The van der Waals surface area contributed by atoms with Gasteiger partial charge in [-0.3, -0.25) is 4.79 Å². The normalized spacial score (nSPS) is 48.3. The molecule has 4 rings (SSSR count). The molecule has 0 bridgehead atoms. The van der Waals surface area contributed by atoms with E-state index in [1.54, 1.807) is 0 Å². The summed E-state index contributed by atoms with van der Waals surface area (Å²) in [5.41, 5.74) is 0.528. The van der Waals surface area contributed by atoms with Gasteiger partial charge in [0.25, 0.3) is 0 Å². The van der Waals surface area contributed by atoms with Gasteiger partial charge in [-0.1, -0.05) is 53.7 Å². The summed E-state index contributed by atoms with van der Waals surface area (Å²) in [5, 5.41) is 10.2. The largest absolute Gasteiger partial charge is 0.393 e. The Labute approximate surface area is 185 Å². The van der Waals surface area contributed by atoms with E-state index in [2.05, 4.69) is 53.7 Å². The SMILES string of the molecule is CC(C)C(C)/C=C/C(C)[C@H]1CC[C@H]2[C@@H]3CC(=O)[C@H]4C[C@H](O)CC[C@]4(C)[C@H]3CC[C@]12C. The molecule has 2 unspecified atom stereocenters. The van der Waals surface area contributed by atoms with Gasteiger partial charge in [0.1, 0.15) is 5.78 Å². The van der Waals surface area contributed by atoms with E-state index in [9.17, 15) is 9.90 Å². The minimum atomic E-state index is -0.255. The highest BCUT2D eigenvalue weighted by Crippen LogP contribution is 2.67. The van der Waals surface area contributed by atoms with Crippen molar-refractivity contribution < 1.29 is 9.90 Å². The predicted octanol–water partition coefficient (Wildman–Crippen LogP) is 6.67. The van der Waals surface area contributed by atoms with Gasteiger partial charge in [-0.15, -0.1) is 0 Å². The zero-order valence-corrected chi connectivity index (χ0v) is 20.4. The highest BCUT2D eigenvalue weighted by Gasteiger charge is 2.62. The van der Waals surface area contributed by atoms with Gasteiger partial charge in [0.05, 0.1) is 6.10 Å². The van der Waals surface area contributed by atoms with Gasteiger partial charge in [-0.05, 0) is 97.2 Å². The van der Waals surface area contributed by atoms with Gasteiger partial charge < -0.3 is 5.11 Å². The second-order valence-electron chi connectivity index (χ2n) is 12.6. The minimum absolute atomic E-state index is 0.114. The summed E-state index contributed by atoms with van der Waals surface area (Å²) in [5.74, 6) is 5.31. The first-order chi connectivity index (χ1) is 14.1. The highest BCUT2D eigenvalue weighted by molar-refractivity contribution is 5.83. The molecule has 0 spiro atoms. The van der Waals surface area contributed by atoms with E-state index in [0.717, 1.165) is 31.6 Å². The van der Waals surface area contributed by atoms with Crippen molar-refractivity contribution in [2.75, 3.05) is 0 Å². The molecular formula is C28H46O2. The smallest absolute Gasteiger partial charge is 0.136 e. The van der Waals surface area contributed by atoms with Crippen molar-refractivity contribution in [1.82, 2.24) is 0 Å². The van der Waals surface area contributed by atoms with Crippen LogP contribution in [0.2, 0.25) is 0 Å². The van der Waals surface area contributed by atoms with Crippen molar-refractivity contribution in [2.45, 2.75) is 99.0 Å². The molecule has 0 aromatic carbocycles. The van der Waals surface area contributed by atoms with Crippen LogP contribution < -0.4 is 0 Å². The Bertz CT molecular complexity index is 680. The lowest BCUT2D eigenvalue weighted by Crippen LogP contribution is -2.57. The lowest BCUT2D eigenvalue weighted by atomic mass is 9.44. The fraction of sp³-hybridized carbons (Fsp3) is 0.893. The summed E-state index contributed by atoms with van der Waals surface area (Å²) in [6.07, 6.45) is 13.4. The molecule has 0 aromatic heterocycles. The van der Waals surface area contributed by atoms with E-state index in [0.29, 0.717) is 46.7 Å². The van der Waals surface area contributed by atoms with Crippen LogP contribution in [-0.2, 0) is 4.79 Å². The average Bonchev–Trinajstić information content (AvgIpc) is 3.04. The molecule has 2 nitrogen and oxygen atoms in total. The molecule has 1 N–H and O–H groups in total. The lowest BCUT2D eigenvalue weighted by Gasteiger charge is -2.60. The Kier molecular flexibility index (Phi) is 6.06. The van der Waals surface area contributed by atoms with Gasteiger partial charge in [-0.2, -0.15) is 0 Å². The number of aliphatic hydroxyl groups excluding tert-OH is 1. The van der Waals surface area contributed by atoms with E-state index < -0.39 is 0 Å².